The minimum Gasteiger partial charge on any atom is -0.358 e. The highest BCUT2D eigenvalue weighted by Crippen LogP contribution is 2.08. The molecule has 1 rings (SSSR count). The van der Waals surface area contributed by atoms with Crippen LogP contribution < -0.4 is 10.6 Å². The van der Waals surface area contributed by atoms with Crippen molar-refractivity contribution in [2.75, 3.05) is 26.7 Å². The molecule has 0 radical (unpaired) electrons. The van der Waals surface area contributed by atoms with Crippen molar-refractivity contribution in [2.24, 2.45) is 0 Å². The lowest BCUT2D eigenvalue weighted by atomic mass is 10.1. The number of hydrogen-bond acceptors (Lipinski definition) is 3. The summed E-state index contributed by atoms with van der Waals surface area (Å²) >= 11 is 0. The first-order chi connectivity index (χ1) is 6.76. The van der Waals surface area contributed by atoms with Crippen molar-refractivity contribution < 1.29 is 9.59 Å². The molecule has 1 aliphatic rings. The Hall–Kier alpha value is -1.10. The quantitative estimate of drug-likeness (QED) is 0.568. The Morgan fingerprint density at radius 2 is 2.14 bits per heavy atom. The van der Waals surface area contributed by atoms with E-state index in [9.17, 15) is 9.59 Å². The van der Waals surface area contributed by atoms with Gasteiger partial charge in [-0.15, -0.1) is 0 Å². The molecule has 14 heavy (non-hydrogen) atoms. The molecule has 0 aromatic carbocycles. The number of carbonyl (C=O) groups excluding carboxylic acids is 2. The molecule has 1 aliphatic heterocycles. The van der Waals surface area contributed by atoms with E-state index in [0.717, 1.165) is 32.3 Å². The number of rotatable bonds is 4. The zero-order valence-electron chi connectivity index (χ0n) is 8.45. The van der Waals surface area contributed by atoms with E-state index in [2.05, 4.69) is 15.5 Å². The molecule has 80 valence electrons. The molecule has 1 saturated heterocycles. The highest BCUT2D eigenvalue weighted by molar-refractivity contribution is 5.77. The number of amides is 2. The minimum atomic E-state index is 0.0480. The van der Waals surface area contributed by atoms with Gasteiger partial charge in [-0.05, 0) is 12.8 Å². The monoisotopic (exact) mass is 199 g/mol. The first-order valence-electron chi connectivity index (χ1n) is 4.89. The smallest absolute Gasteiger partial charge is 0.233 e. The second kappa shape index (κ2) is 5.59. The Balaban J connectivity index is 2.21. The van der Waals surface area contributed by atoms with Gasteiger partial charge in [0.05, 0.1) is 6.54 Å². The summed E-state index contributed by atoms with van der Waals surface area (Å²) in [5, 5.41) is 5.36. The van der Waals surface area contributed by atoms with Crippen molar-refractivity contribution >= 4 is 12.3 Å². The lowest BCUT2D eigenvalue weighted by Gasteiger charge is -2.30. The molecule has 0 saturated carbocycles. The summed E-state index contributed by atoms with van der Waals surface area (Å²) in [4.78, 5) is 23.4. The van der Waals surface area contributed by atoms with E-state index < -0.39 is 0 Å². The van der Waals surface area contributed by atoms with Crippen LogP contribution in [0.1, 0.15) is 12.8 Å². The van der Waals surface area contributed by atoms with Crippen LogP contribution in [0.15, 0.2) is 0 Å². The van der Waals surface area contributed by atoms with Gasteiger partial charge in [-0.1, -0.05) is 0 Å². The van der Waals surface area contributed by atoms with E-state index in [1.165, 1.54) is 0 Å². The Morgan fingerprint density at radius 1 is 1.50 bits per heavy atom. The third-order valence-corrected chi connectivity index (χ3v) is 2.54. The largest absolute Gasteiger partial charge is 0.358 e. The van der Waals surface area contributed by atoms with Gasteiger partial charge in [0.1, 0.15) is 0 Å². The van der Waals surface area contributed by atoms with Crippen molar-refractivity contribution in [1.29, 1.82) is 0 Å². The Morgan fingerprint density at radius 3 is 2.64 bits per heavy atom. The van der Waals surface area contributed by atoms with Crippen LogP contribution in [0, 0.1) is 0 Å². The van der Waals surface area contributed by atoms with Gasteiger partial charge in [0.2, 0.25) is 12.3 Å². The number of nitrogens with one attached hydrogen (secondary N) is 2. The van der Waals surface area contributed by atoms with Crippen molar-refractivity contribution in [3.63, 3.8) is 0 Å². The first kappa shape index (κ1) is 11.0. The van der Waals surface area contributed by atoms with Gasteiger partial charge in [-0.2, -0.15) is 0 Å². The molecule has 5 nitrogen and oxygen atoms in total. The standard InChI is InChI=1S/C9H17N3O2/c1-10-9(14)6-12-4-2-8(3-5-12)11-7-13/h7-8H,2-6H2,1H3,(H,10,14)(H,11,13). The predicted octanol–water partition coefficient (Wildman–Crippen LogP) is -1.06. The highest BCUT2D eigenvalue weighted by atomic mass is 16.2. The van der Waals surface area contributed by atoms with Gasteiger partial charge in [-0.25, -0.2) is 0 Å². The molecule has 5 heteroatoms. The summed E-state index contributed by atoms with van der Waals surface area (Å²) in [7, 11) is 1.64. The van der Waals surface area contributed by atoms with Gasteiger partial charge < -0.3 is 10.6 Å². The predicted molar refractivity (Wildman–Crippen MR) is 52.7 cm³/mol. The van der Waals surface area contributed by atoms with Crippen molar-refractivity contribution in [3.05, 3.63) is 0 Å². The Labute approximate surface area is 83.8 Å². The maximum absolute atomic E-state index is 11.1. The molecule has 0 aromatic rings. The van der Waals surface area contributed by atoms with E-state index in [1.54, 1.807) is 7.05 Å². The van der Waals surface area contributed by atoms with E-state index in [4.69, 9.17) is 0 Å². The SMILES string of the molecule is CNC(=O)CN1CCC(NC=O)CC1. The average molecular weight is 199 g/mol. The normalized spacial score (nSPS) is 18.9. The number of hydrogen-bond donors (Lipinski definition) is 2. The topological polar surface area (TPSA) is 61.4 Å². The second-order valence-electron chi connectivity index (χ2n) is 3.51. The summed E-state index contributed by atoms with van der Waals surface area (Å²) < 4.78 is 0. The number of likely N-dealkylation sites (N-methyl/N-ethyl adjacent to an activating group) is 1. The first-order valence-corrected chi connectivity index (χ1v) is 4.89. The molecule has 1 fully saturated rings. The molecular weight excluding hydrogens is 182 g/mol. The molecule has 0 bridgehead atoms. The molecule has 2 N–H and O–H groups in total. The van der Waals surface area contributed by atoms with E-state index in [-0.39, 0.29) is 11.9 Å². The summed E-state index contributed by atoms with van der Waals surface area (Å²) in [6.07, 6.45) is 2.60. The van der Waals surface area contributed by atoms with Crippen LogP contribution >= 0.6 is 0 Å². The highest BCUT2D eigenvalue weighted by Gasteiger charge is 2.19. The summed E-state index contributed by atoms with van der Waals surface area (Å²) in [5.41, 5.74) is 0. The number of carbonyl (C=O) groups is 2. The van der Waals surface area contributed by atoms with Gasteiger partial charge in [0.25, 0.3) is 0 Å². The van der Waals surface area contributed by atoms with Crippen LogP contribution in [-0.4, -0.2) is 49.9 Å². The van der Waals surface area contributed by atoms with Gasteiger partial charge in [0.15, 0.2) is 0 Å². The van der Waals surface area contributed by atoms with Gasteiger partial charge in [0, 0.05) is 26.2 Å². The fourth-order valence-electron chi connectivity index (χ4n) is 1.64. The van der Waals surface area contributed by atoms with Crippen LogP contribution in [0.2, 0.25) is 0 Å². The molecule has 0 aromatic heterocycles. The molecule has 0 aliphatic carbocycles. The van der Waals surface area contributed by atoms with E-state index in [1.807, 2.05) is 0 Å². The van der Waals surface area contributed by atoms with E-state index in [0.29, 0.717) is 6.54 Å². The Bertz CT molecular complexity index is 200. The molecular formula is C9H17N3O2. The molecule has 1 heterocycles. The molecule has 0 atom stereocenters. The number of likely N-dealkylation sites (tertiary alicyclic amines) is 1. The molecule has 0 spiro atoms. The third kappa shape index (κ3) is 3.33. The van der Waals surface area contributed by atoms with Crippen molar-refractivity contribution in [1.82, 2.24) is 15.5 Å². The number of nitrogens with zero attached hydrogens (tertiary/aromatic N) is 1. The maximum atomic E-state index is 11.1. The van der Waals surface area contributed by atoms with Crippen LogP contribution in [0.25, 0.3) is 0 Å². The maximum Gasteiger partial charge on any atom is 0.233 e. The minimum absolute atomic E-state index is 0.0480. The Kier molecular flexibility index (Phi) is 4.39. The van der Waals surface area contributed by atoms with Crippen LogP contribution in [0.5, 0.6) is 0 Å². The summed E-state index contributed by atoms with van der Waals surface area (Å²) in [5.74, 6) is 0.0480. The van der Waals surface area contributed by atoms with Gasteiger partial charge >= 0.3 is 0 Å². The van der Waals surface area contributed by atoms with Crippen molar-refractivity contribution in [2.45, 2.75) is 18.9 Å². The van der Waals surface area contributed by atoms with Gasteiger partial charge in [-0.3, -0.25) is 14.5 Å². The lowest BCUT2D eigenvalue weighted by Crippen LogP contribution is -2.45. The fraction of sp³-hybridized carbons (Fsp3) is 0.778. The van der Waals surface area contributed by atoms with Crippen molar-refractivity contribution in [3.8, 4) is 0 Å². The molecule has 0 unspecified atom stereocenters. The summed E-state index contributed by atoms with van der Waals surface area (Å²) in [6.45, 7) is 2.21. The van der Waals surface area contributed by atoms with E-state index >= 15 is 0 Å². The third-order valence-electron chi connectivity index (χ3n) is 2.54. The number of piperidine rings is 1. The zero-order valence-corrected chi connectivity index (χ0v) is 8.45. The van der Waals surface area contributed by atoms with Crippen LogP contribution in [0.4, 0.5) is 0 Å². The fourth-order valence-corrected chi connectivity index (χ4v) is 1.64. The average Bonchev–Trinajstić information content (AvgIpc) is 2.21. The molecule has 2 amide bonds. The zero-order chi connectivity index (χ0) is 10.4. The summed E-state index contributed by atoms with van der Waals surface area (Å²) in [6, 6.07) is 0.286. The lowest BCUT2D eigenvalue weighted by molar-refractivity contribution is -0.122. The second-order valence-corrected chi connectivity index (χ2v) is 3.51. The van der Waals surface area contributed by atoms with Crippen LogP contribution in [-0.2, 0) is 9.59 Å². The van der Waals surface area contributed by atoms with Crippen LogP contribution in [0.3, 0.4) is 0 Å².